The number of aromatic amines is 1. The number of nitrogens with two attached hydrogens (primary N) is 1. The molecule has 0 saturated carbocycles. The molecule has 1 aromatic heterocycles. The van der Waals surface area contributed by atoms with E-state index in [2.05, 4.69) is 48.1 Å². The van der Waals surface area contributed by atoms with Gasteiger partial charge in [-0.15, -0.1) is 0 Å². The summed E-state index contributed by atoms with van der Waals surface area (Å²) in [7, 11) is 0. The highest BCUT2D eigenvalue weighted by Crippen LogP contribution is 2.34. The molecular formula is C25H17Br2N3O. The third-order valence-electron chi connectivity index (χ3n) is 5.40. The predicted molar refractivity (Wildman–Crippen MR) is 133 cm³/mol. The third kappa shape index (κ3) is 3.77. The van der Waals surface area contributed by atoms with E-state index in [4.69, 9.17) is 5.73 Å². The molecule has 5 rings (SSSR count). The van der Waals surface area contributed by atoms with Gasteiger partial charge in [0.2, 0.25) is 0 Å². The highest BCUT2D eigenvalue weighted by molar-refractivity contribution is 9.11. The fourth-order valence-corrected chi connectivity index (χ4v) is 5.41. The minimum atomic E-state index is 0.0875. The van der Waals surface area contributed by atoms with Gasteiger partial charge in [-0.25, -0.2) is 0 Å². The van der Waals surface area contributed by atoms with E-state index in [1.165, 1.54) is 0 Å². The van der Waals surface area contributed by atoms with Crippen LogP contribution in [0.1, 0.15) is 15.9 Å². The zero-order chi connectivity index (χ0) is 21.5. The van der Waals surface area contributed by atoms with Crippen molar-refractivity contribution in [3.63, 3.8) is 0 Å². The van der Waals surface area contributed by atoms with Crippen molar-refractivity contribution in [1.82, 2.24) is 10.2 Å². The highest BCUT2D eigenvalue weighted by atomic mass is 79.9. The average molecular weight is 535 g/mol. The second-order valence-corrected chi connectivity index (χ2v) is 9.29. The molecule has 0 fully saturated rings. The van der Waals surface area contributed by atoms with Crippen LogP contribution in [0.15, 0.2) is 81.7 Å². The average Bonchev–Trinajstić information content (AvgIpc) is 3.13. The lowest BCUT2D eigenvalue weighted by Gasteiger charge is -2.10. The van der Waals surface area contributed by atoms with Crippen LogP contribution in [0.5, 0.6) is 0 Å². The number of benzene rings is 4. The van der Waals surface area contributed by atoms with Crippen LogP contribution in [0, 0.1) is 0 Å². The molecule has 0 aliphatic rings. The van der Waals surface area contributed by atoms with Gasteiger partial charge in [-0.2, -0.15) is 5.10 Å². The molecule has 0 saturated heterocycles. The van der Waals surface area contributed by atoms with E-state index in [1.54, 1.807) is 0 Å². The van der Waals surface area contributed by atoms with E-state index >= 15 is 0 Å². The summed E-state index contributed by atoms with van der Waals surface area (Å²) >= 11 is 6.98. The lowest BCUT2D eigenvalue weighted by atomic mass is 9.94. The van der Waals surface area contributed by atoms with Crippen LogP contribution in [0.25, 0.3) is 32.8 Å². The summed E-state index contributed by atoms with van der Waals surface area (Å²) in [5.74, 6) is 0.569. The van der Waals surface area contributed by atoms with Gasteiger partial charge in [-0.05, 0) is 57.8 Å². The summed E-state index contributed by atoms with van der Waals surface area (Å²) in [6.45, 7) is 0. The smallest absolute Gasteiger partial charge is 0.167 e. The van der Waals surface area contributed by atoms with Crippen LogP contribution in [0.4, 0.5) is 5.82 Å². The molecule has 6 heteroatoms. The standard InChI is InChI=1S/C25H17Br2N3O/c26-17-9-14(10-18(27)13-17)11-23(31)21-5-1-3-15-12-16(7-8-19(15)21)20-4-2-6-22-24(20)25(28)30-29-22/h1-10,12-13H,11H2,(H3,28,29,30). The van der Waals surface area contributed by atoms with Crippen molar-refractivity contribution in [2.75, 3.05) is 5.73 Å². The Morgan fingerprint density at radius 3 is 2.52 bits per heavy atom. The Morgan fingerprint density at radius 1 is 0.935 bits per heavy atom. The van der Waals surface area contributed by atoms with E-state index < -0.39 is 0 Å². The molecule has 0 spiro atoms. The Bertz CT molecular complexity index is 1450. The molecule has 0 bridgehead atoms. The molecule has 3 N–H and O–H groups in total. The lowest BCUT2D eigenvalue weighted by Crippen LogP contribution is -2.04. The molecule has 0 amide bonds. The topological polar surface area (TPSA) is 71.8 Å². The van der Waals surface area contributed by atoms with Gasteiger partial charge in [0.15, 0.2) is 11.6 Å². The van der Waals surface area contributed by atoms with Gasteiger partial charge < -0.3 is 5.73 Å². The number of carbonyl (C=O) groups excluding carboxylic acids is 1. The number of hydrogen-bond donors (Lipinski definition) is 2. The second-order valence-electron chi connectivity index (χ2n) is 7.46. The second kappa shape index (κ2) is 7.94. The Kier molecular flexibility index (Phi) is 5.12. The third-order valence-corrected chi connectivity index (χ3v) is 6.31. The van der Waals surface area contributed by atoms with Crippen LogP contribution in [-0.4, -0.2) is 16.0 Å². The zero-order valence-corrected chi connectivity index (χ0v) is 19.5. The molecule has 0 unspecified atom stereocenters. The van der Waals surface area contributed by atoms with Gasteiger partial charge in [0.25, 0.3) is 0 Å². The molecule has 31 heavy (non-hydrogen) atoms. The van der Waals surface area contributed by atoms with Crippen LogP contribution < -0.4 is 5.73 Å². The number of nitrogens with zero attached hydrogens (tertiary/aromatic N) is 1. The monoisotopic (exact) mass is 533 g/mol. The Balaban J connectivity index is 1.56. The normalized spacial score (nSPS) is 11.3. The van der Waals surface area contributed by atoms with E-state index in [-0.39, 0.29) is 5.78 Å². The summed E-state index contributed by atoms with van der Waals surface area (Å²) < 4.78 is 1.89. The number of rotatable bonds is 4. The number of anilines is 1. The fourth-order valence-electron chi connectivity index (χ4n) is 4.03. The summed E-state index contributed by atoms with van der Waals surface area (Å²) in [5.41, 5.74) is 10.7. The first-order chi connectivity index (χ1) is 15.0. The largest absolute Gasteiger partial charge is 0.382 e. The number of ketones is 1. The van der Waals surface area contributed by atoms with Crippen molar-refractivity contribution in [2.24, 2.45) is 0 Å². The van der Waals surface area contributed by atoms with Gasteiger partial charge in [-0.1, -0.05) is 74.3 Å². The first-order valence-corrected chi connectivity index (χ1v) is 11.3. The number of halogens is 2. The number of nitrogen functional groups attached to an aromatic ring is 1. The fraction of sp³-hybridized carbons (Fsp3) is 0.0400. The molecule has 5 aromatic rings. The number of H-pyrrole nitrogens is 1. The molecule has 4 nitrogen and oxygen atoms in total. The van der Waals surface area contributed by atoms with Gasteiger partial charge in [-0.3, -0.25) is 9.89 Å². The maximum absolute atomic E-state index is 13.1. The van der Waals surface area contributed by atoms with Crippen molar-refractivity contribution in [3.8, 4) is 11.1 Å². The SMILES string of the molecule is Nc1n[nH]c2cccc(-c3ccc4c(C(=O)Cc5cc(Br)cc(Br)c5)cccc4c3)c12. The number of aromatic nitrogens is 2. The quantitative estimate of drug-likeness (QED) is 0.246. The van der Waals surface area contributed by atoms with Crippen LogP contribution in [0.3, 0.4) is 0 Å². The minimum Gasteiger partial charge on any atom is -0.382 e. The van der Waals surface area contributed by atoms with E-state index in [1.807, 2.05) is 66.7 Å². The van der Waals surface area contributed by atoms with Gasteiger partial charge in [0.1, 0.15) is 0 Å². The van der Waals surface area contributed by atoms with Crippen LogP contribution in [-0.2, 0) is 6.42 Å². The summed E-state index contributed by atoms with van der Waals surface area (Å²) in [5, 5.41) is 9.96. The van der Waals surface area contributed by atoms with Crippen molar-refractivity contribution >= 4 is 65.1 Å². The Labute approximate surface area is 195 Å². The number of carbonyl (C=O) groups is 1. The first-order valence-electron chi connectivity index (χ1n) is 9.73. The molecule has 0 radical (unpaired) electrons. The molecule has 0 aliphatic heterocycles. The Morgan fingerprint density at radius 2 is 1.71 bits per heavy atom. The van der Waals surface area contributed by atoms with Crippen molar-refractivity contribution < 1.29 is 4.79 Å². The summed E-state index contributed by atoms with van der Waals surface area (Å²) in [4.78, 5) is 13.1. The van der Waals surface area contributed by atoms with Crippen molar-refractivity contribution in [2.45, 2.75) is 6.42 Å². The highest BCUT2D eigenvalue weighted by Gasteiger charge is 2.14. The lowest BCUT2D eigenvalue weighted by molar-refractivity contribution is 0.0994. The van der Waals surface area contributed by atoms with E-state index in [0.29, 0.717) is 12.2 Å². The predicted octanol–water partition coefficient (Wildman–Crippen LogP) is 6.92. The summed E-state index contributed by atoms with van der Waals surface area (Å²) in [6.07, 6.45) is 0.337. The van der Waals surface area contributed by atoms with E-state index in [0.717, 1.165) is 52.9 Å². The first kappa shape index (κ1) is 20.0. The minimum absolute atomic E-state index is 0.0875. The molecule has 152 valence electrons. The molecule has 0 aliphatic carbocycles. The van der Waals surface area contributed by atoms with Gasteiger partial charge >= 0.3 is 0 Å². The number of fused-ring (bicyclic) bond motifs is 2. The summed E-state index contributed by atoms with van der Waals surface area (Å²) in [6, 6.07) is 23.9. The maximum Gasteiger partial charge on any atom is 0.167 e. The van der Waals surface area contributed by atoms with Crippen molar-refractivity contribution in [3.05, 3.63) is 92.9 Å². The van der Waals surface area contributed by atoms with Gasteiger partial charge in [0, 0.05) is 20.9 Å². The number of Topliss-reactive ketones (excluding diaryl/α,β-unsaturated/α-hetero) is 1. The van der Waals surface area contributed by atoms with Crippen molar-refractivity contribution in [1.29, 1.82) is 0 Å². The van der Waals surface area contributed by atoms with Crippen LogP contribution in [0.2, 0.25) is 0 Å². The number of nitrogens with one attached hydrogen (secondary N) is 1. The molecular weight excluding hydrogens is 518 g/mol. The maximum atomic E-state index is 13.1. The Hall–Kier alpha value is -2.96. The molecule has 1 heterocycles. The number of hydrogen-bond acceptors (Lipinski definition) is 3. The zero-order valence-electron chi connectivity index (χ0n) is 16.3. The molecule has 4 aromatic carbocycles. The van der Waals surface area contributed by atoms with Gasteiger partial charge in [0.05, 0.1) is 10.9 Å². The van der Waals surface area contributed by atoms with E-state index in [9.17, 15) is 4.79 Å². The molecule has 0 atom stereocenters. The van der Waals surface area contributed by atoms with Crippen LogP contribution >= 0.6 is 31.9 Å².